The average Bonchev–Trinajstić information content (AvgIpc) is 3.00. The maximum absolute atomic E-state index is 14.2. The predicted octanol–water partition coefficient (Wildman–Crippen LogP) is 3.73. The van der Waals surface area contributed by atoms with Crippen LogP contribution in [-0.2, 0) is 29.0 Å². The zero-order chi connectivity index (χ0) is 19.7. The lowest BCUT2D eigenvalue weighted by molar-refractivity contribution is -0.133. The van der Waals surface area contributed by atoms with Crippen molar-refractivity contribution in [3.8, 4) is 0 Å². The number of hydrogen-bond donors (Lipinski definition) is 0. The first-order valence-corrected chi connectivity index (χ1v) is 10.2. The number of aromatic nitrogens is 2. The van der Waals surface area contributed by atoms with Gasteiger partial charge in [0.1, 0.15) is 5.82 Å². The molecule has 3 heterocycles. The van der Waals surface area contributed by atoms with E-state index in [0.29, 0.717) is 36.0 Å². The Morgan fingerprint density at radius 2 is 2.14 bits per heavy atom. The van der Waals surface area contributed by atoms with Crippen LogP contribution < -0.4 is 0 Å². The summed E-state index contributed by atoms with van der Waals surface area (Å²) in [5.74, 6) is 0.274. The monoisotopic (exact) mass is 405 g/mol. The molecule has 0 spiro atoms. The predicted molar refractivity (Wildman–Crippen MR) is 105 cm³/mol. The molecule has 0 atom stereocenters. The fourth-order valence-corrected chi connectivity index (χ4v) is 4.32. The number of aryl methyl sites for hydroxylation is 1. The van der Waals surface area contributed by atoms with Crippen LogP contribution in [0.25, 0.3) is 0 Å². The van der Waals surface area contributed by atoms with Gasteiger partial charge in [-0.05, 0) is 49.8 Å². The molecular formula is C21H25ClFN3O2. The van der Waals surface area contributed by atoms with Crippen molar-refractivity contribution < 1.29 is 13.9 Å². The van der Waals surface area contributed by atoms with Gasteiger partial charge in [0.25, 0.3) is 0 Å². The second-order valence-electron chi connectivity index (χ2n) is 7.73. The molecule has 4 rings (SSSR count). The van der Waals surface area contributed by atoms with Gasteiger partial charge >= 0.3 is 0 Å². The van der Waals surface area contributed by atoms with Gasteiger partial charge in [0.2, 0.25) is 5.91 Å². The highest BCUT2D eigenvalue weighted by Gasteiger charge is 2.28. The third kappa shape index (κ3) is 4.08. The minimum absolute atomic E-state index is 0.195. The Kier molecular flexibility index (Phi) is 5.69. The van der Waals surface area contributed by atoms with Crippen molar-refractivity contribution in [3.05, 3.63) is 51.6 Å². The summed E-state index contributed by atoms with van der Waals surface area (Å²) in [5.41, 5.74) is 3.70. The van der Waals surface area contributed by atoms with Gasteiger partial charge in [-0.25, -0.2) is 4.39 Å². The number of carbonyl (C=O) groups is 1. The smallest absolute Gasteiger partial charge is 0.223 e. The maximum atomic E-state index is 14.2. The van der Waals surface area contributed by atoms with Crippen molar-refractivity contribution in [2.24, 2.45) is 5.92 Å². The van der Waals surface area contributed by atoms with Crippen molar-refractivity contribution in [3.63, 3.8) is 0 Å². The molecule has 5 nitrogen and oxygen atoms in total. The van der Waals surface area contributed by atoms with Gasteiger partial charge < -0.3 is 9.64 Å². The SMILES string of the molecule is Cc1nn(Cc2ccc(Cl)cc2F)c2c1CCN(C(=O)CC1CCOCC1)C2. The number of benzene rings is 1. The van der Waals surface area contributed by atoms with Crippen LogP contribution >= 0.6 is 11.6 Å². The van der Waals surface area contributed by atoms with Crippen molar-refractivity contribution in [1.82, 2.24) is 14.7 Å². The molecule has 2 aromatic rings. The summed E-state index contributed by atoms with van der Waals surface area (Å²) >= 11 is 5.86. The molecule has 0 N–H and O–H groups in total. The highest BCUT2D eigenvalue weighted by atomic mass is 35.5. The van der Waals surface area contributed by atoms with Crippen LogP contribution in [0.2, 0.25) is 5.02 Å². The van der Waals surface area contributed by atoms with Crippen molar-refractivity contribution >= 4 is 17.5 Å². The van der Waals surface area contributed by atoms with E-state index in [4.69, 9.17) is 16.3 Å². The number of rotatable bonds is 4. The van der Waals surface area contributed by atoms with Crippen LogP contribution in [0.15, 0.2) is 18.2 Å². The first kappa shape index (κ1) is 19.4. The topological polar surface area (TPSA) is 47.4 Å². The number of carbonyl (C=O) groups excluding carboxylic acids is 1. The summed E-state index contributed by atoms with van der Waals surface area (Å²) in [7, 11) is 0. The standard InChI is InChI=1S/C21H25ClFN3O2/c1-14-18-4-7-25(21(27)10-15-5-8-28-9-6-15)13-20(18)26(24-14)12-16-2-3-17(22)11-19(16)23/h2-3,11,15H,4-10,12-13H2,1H3. The molecule has 1 aromatic heterocycles. The Hall–Kier alpha value is -1.92. The van der Waals surface area contributed by atoms with Gasteiger partial charge in [-0.1, -0.05) is 17.7 Å². The van der Waals surface area contributed by atoms with E-state index in [2.05, 4.69) is 5.10 Å². The lowest BCUT2D eigenvalue weighted by Crippen LogP contribution is -2.38. The Morgan fingerprint density at radius 3 is 2.89 bits per heavy atom. The summed E-state index contributed by atoms with van der Waals surface area (Å²) in [6.45, 7) is 5.07. The van der Waals surface area contributed by atoms with Gasteiger partial charge in [0, 0.05) is 36.8 Å². The highest BCUT2D eigenvalue weighted by Crippen LogP contribution is 2.26. The molecule has 1 aromatic carbocycles. The summed E-state index contributed by atoms with van der Waals surface area (Å²) in [4.78, 5) is 14.7. The molecule has 0 unspecified atom stereocenters. The van der Waals surface area contributed by atoms with E-state index in [1.165, 1.54) is 11.6 Å². The number of amides is 1. The third-order valence-corrected chi connectivity index (χ3v) is 6.07. The molecule has 2 aliphatic heterocycles. The number of nitrogens with zero attached hydrogens (tertiary/aromatic N) is 3. The Balaban J connectivity index is 1.50. The van der Waals surface area contributed by atoms with Crippen LogP contribution in [0.3, 0.4) is 0 Å². The van der Waals surface area contributed by atoms with Crippen LogP contribution in [0.5, 0.6) is 0 Å². The molecule has 1 saturated heterocycles. The Labute approximate surface area is 169 Å². The first-order chi connectivity index (χ1) is 13.5. The quantitative estimate of drug-likeness (QED) is 0.778. The lowest BCUT2D eigenvalue weighted by atomic mass is 9.95. The van der Waals surface area contributed by atoms with Gasteiger partial charge in [-0.2, -0.15) is 5.10 Å². The number of hydrogen-bond acceptors (Lipinski definition) is 3. The van der Waals surface area contributed by atoms with E-state index in [0.717, 1.165) is 50.4 Å². The fourth-order valence-electron chi connectivity index (χ4n) is 4.16. The maximum Gasteiger partial charge on any atom is 0.223 e. The van der Waals surface area contributed by atoms with E-state index in [-0.39, 0.29) is 11.7 Å². The molecule has 7 heteroatoms. The first-order valence-electron chi connectivity index (χ1n) is 9.86. The lowest BCUT2D eigenvalue weighted by Gasteiger charge is -2.30. The van der Waals surface area contributed by atoms with E-state index in [1.54, 1.807) is 12.1 Å². The molecule has 150 valence electrons. The van der Waals surface area contributed by atoms with Crippen molar-refractivity contribution in [1.29, 1.82) is 0 Å². The molecule has 28 heavy (non-hydrogen) atoms. The van der Waals surface area contributed by atoms with E-state index >= 15 is 0 Å². The molecule has 0 bridgehead atoms. The molecule has 1 fully saturated rings. The van der Waals surface area contributed by atoms with Gasteiger partial charge in [-0.3, -0.25) is 9.48 Å². The van der Waals surface area contributed by atoms with Gasteiger partial charge in [0.15, 0.2) is 0 Å². The summed E-state index contributed by atoms with van der Waals surface area (Å²) in [5, 5.41) is 5.00. The number of fused-ring (bicyclic) bond motifs is 1. The molecule has 0 radical (unpaired) electrons. The van der Waals surface area contributed by atoms with Crippen LogP contribution in [0.1, 0.15) is 41.8 Å². The third-order valence-electron chi connectivity index (χ3n) is 5.83. The zero-order valence-corrected chi connectivity index (χ0v) is 16.8. The molecule has 2 aliphatic rings. The summed E-state index contributed by atoms with van der Waals surface area (Å²) in [6.07, 6.45) is 3.29. The van der Waals surface area contributed by atoms with Gasteiger partial charge in [0.05, 0.1) is 24.5 Å². The molecule has 0 saturated carbocycles. The number of halogens is 2. The fraction of sp³-hybridized carbons (Fsp3) is 0.524. The summed E-state index contributed by atoms with van der Waals surface area (Å²) < 4.78 is 21.5. The van der Waals surface area contributed by atoms with Crippen LogP contribution in [-0.4, -0.2) is 40.3 Å². The van der Waals surface area contributed by atoms with Crippen LogP contribution in [0.4, 0.5) is 4.39 Å². The average molecular weight is 406 g/mol. The zero-order valence-electron chi connectivity index (χ0n) is 16.1. The molecule has 1 amide bonds. The Morgan fingerprint density at radius 1 is 1.36 bits per heavy atom. The normalized spacial score (nSPS) is 17.6. The van der Waals surface area contributed by atoms with E-state index in [9.17, 15) is 9.18 Å². The van der Waals surface area contributed by atoms with Crippen molar-refractivity contribution in [2.45, 2.75) is 45.7 Å². The minimum Gasteiger partial charge on any atom is -0.381 e. The van der Waals surface area contributed by atoms with Crippen molar-refractivity contribution in [2.75, 3.05) is 19.8 Å². The largest absolute Gasteiger partial charge is 0.381 e. The molecular weight excluding hydrogens is 381 g/mol. The van der Waals surface area contributed by atoms with Crippen LogP contribution in [0, 0.1) is 18.7 Å². The minimum atomic E-state index is -0.335. The number of ether oxygens (including phenoxy) is 1. The summed E-state index contributed by atoms with van der Waals surface area (Å²) in [6, 6.07) is 4.70. The second-order valence-corrected chi connectivity index (χ2v) is 8.17. The molecule has 0 aliphatic carbocycles. The Bertz CT molecular complexity index is 877. The van der Waals surface area contributed by atoms with Gasteiger partial charge in [-0.15, -0.1) is 0 Å². The van der Waals surface area contributed by atoms with E-state index in [1.807, 2.05) is 16.5 Å². The highest BCUT2D eigenvalue weighted by molar-refractivity contribution is 6.30. The van der Waals surface area contributed by atoms with E-state index < -0.39 is 0 Å². The second kappa shape index (κ2) is 8.21.